The lowest BCUT2D eigenvalue weighted by molar-refractivity contribution is -0.197. The van der Waals surface area contributed by atoms with Gasteiger partial charge < -0.3 is 29.4 Å². The minimum absolute atomic E-state index is 0.0454. The van der Waals surface area contributed by atoms with Crippen LogP contribution in [0.1, 0.15) is 33.6 Å². The fourth-order valence-electron chi connectivity index (χ4n) is 3.41. The number of hydrogen-bond acceptors (Lipinski definition) is 6. The van der Waals surface area contributed by atoms with Crippen LogP contribution in [-0.4, -0.2) is 60.2 Å². The topological polar surface area (TPSA) is 86.3 Å². The first-order valence-corrected chi connectivity index (χ1v) is 7.47. The number of rotatable bonds is 5. The second-order valence-electron chi connectivity index (χ2n) is 6.36. The van der Waals surface area contributed by atoms with E-state index in [1.807, 2.05) is 13.8 Å². The Balaban J connectivity index is 1.77. The molecule has 120 valence electrons. The molecule has 7 nitrogen and oxygen atoms in total. The van der Waals surface area contributed by atoms with Crippen molar-refractivity contribution in [3.63, 3.8) is 0 Å². The molecule has 5 atom stereocenters. The molecule has 0 radical (unpaired) electrons. The molecule has 7 heteroatoms. The Labute approximate surface area is 123 Å². The maximum atomic E-state index is 10.7. The van der Waals surface area contributed by atoms with Gasteiger partial charge in [-0.25, -0.2) is 0 Å². The van der Waals surface area contributed by atoms with Crippen molar-refractivity contribution in [2.24, 2.45) is 0 Å². The van der Waals surface area contributed by atoms with Gasteiger partial charge in [-0.05, 0) is 20.3 Å². The SMILES string of the molecule is CC[C@@]12COC(O1)[C@H](NCCC(=O)O)C1OC(C)(C)O[C@H]12. The lowest BCUT2D eigenvalue weighted by Gasteiger charge is -2.42. The molecule has 0 aromatic rings. The van der Waals surface area contributed by atoms with Gasteiger partial charge in [0.25, 0.3) is 0 Å². The largest absolute Gasteiger partial charge is 0.481 e. The van der Waals surface area contributed by atoms with E-state index < -0.39 is 23.6 Å². The maximum Gasteiger partial charge on any atom is 0.304 e. The minimum Gasteiger partial charge on any atom is -0.481 e. The third-order valence-corrected chi connectivity index (χ3v) is 4.45. The summed E-state index contributed by atoms with van der Waals surface area (Å²) in [7, 11) is 0. The van der Waals surface area contributed by atoms with Crippen LogP contribution < -0.4 is 5.32 Å². The zero-order valence-electron chi connectivity index (χ0n) is 12.6. The third kappa shape index (κ3) is 2.57. The summed E-state index contributed by atoms with van der Waals surface area (Å²) in [6, 6.07) is -0.224. The Bertz CT molecular complexity index is 428. The molecule has 3 aliphatic heterocycles. The lowest BCUT2D eigenvalue weighted by Crippen LogP contribution is -2.63. The second-order valence-corrected chi connectivity index (χ2v) is 6.36. The molecular weight excluding hydrogens is 278 g/mol. The van der Waals surface area contributed by atoms with Crippen LogP contribution in [0.4, 0.5) is 0 Å². The molecule has 2 N–H and O–H groups in total. The molecule has 0 saturated carbocycles. The summed E-state index contributed by atoms with van der Waals surface area (Å²) in [5.74, 6) is -1.51. The zero-order valence-corrected chi connectivity index (χ0v) is 12.6. The third-order valence-electron chi connectivity index (χ3n) is 4.45. The average molecular weight is 301 g/mol. The fourth-order valence-corrected chi connectivity index (χ4v) is 3.41. The number of ether oxygens (including phenoxy) is 4. The highest BCUT2D eigenvalue weighted by atomic mass is 16.8. The van der Waals surface area contributed by atoms with E-state index in [2.05, 4.69) is 12.2 Å². The maximum absolute atomic E-state index is 10.7. The quantitative estimate of drug-likeness (QED) is 0.763. The van der Waals surface area contributed by atoms with Gasteiger partial charge in [0.15, 0.2) is 12.1 Å². The predicted octanol–water partition coefficient (Wildman–Crippen LogP) is 0.475. The number of carboxylic acids is 1. The molecule has 0 aliphatic carbocycles. The molecule has 3 heterocycles. The number of carboxylic acid groups (broad SMARTS) is 1. The summed E-state index contributed by atoms with van der Waals surface area (Å²) in [5.41, 5.74) is -0.464. The minimum atomic E-state index is -0.838. The lowest BCUT2D eigenvalue weighted by atomic mass is 9.86. The van der Waals surface area contributed by atoms with Gasteiger partial charge >= 0.3 is 5.97 Å². The summed E-state index contributed by atoms with van der Waals surface area (Å²) < 4.78 is 23.9. The summed E-state index contributed by atoms with van der Waals surface area (Å²) >= 11 is 0. The summed E-state index contributed by atoms with van der Waals surface area (Å²) in [5, 5.41) is 12.0. The van der Waals surface area contributed by atoms with Crippen molar-refractivity contribution in [1.82, 2.24) is 5.32 Å². The van der Waals surface area contributed by atoms with Gasteiger partial charge in [0, 0.05) is 6.54 Å². The van der Waals surface area contributed by atoms with Gasteiger partial charge in [-0.2, -0.15) is 0 Å². The van der Waals surface area contributed by atoms with Gasteiger partial charge in [-0.15, -0.1) is 0 Å². The van der Waals surface area contributed by atoms with Crippen molar-refractivity contribution in [2.45, 2.75) is 69.5 Å². The second kappa shape index (κ2) is 5.17. The Morgan fingerprint density at radius 1 is 1.33 bits per heavy atom. The highest BCUT2D eigenvalue weighted by molar-refractivity contribution is 5.66. The van der Waals surface area contributed by atoms with E-state index in [0.717, 1.165) is 6.42 Å². The van der Waals surface area contributed by atoms with E-state index in [9.17, 15) is 4.79 Å². The van der Waals surface area contributed by atoms with E-state index in [1.54, 1.807) is 0 Å². The van der Waals surface area contributed by atoms with Crippen LogP contribution in [0.15, 0.2) is 0 Å². The van der Waals surface area contributed by atoms with E-state index >= 15 is 0 Å². The van der Waals surface area contributed by atoms with Crippen molar-refractivity contribution in [2.75, 3.05) is 13.2 Å². The number of aliphatic carboxylic acids is 1. The van der Waals surface area contributed by atoms with Crippen LogP contribution in [0, 0.1) is 0 Å². The van der Waals surface area contributed by atoms with Crippen molar-refractivity contribution in [1.29, 1.82) is 0 Å². The van der Waals surface area contributed by atoms with Crippen molar-refractivity contribution in [3.05, 3.63) is 0 Å². The number of nitrogens with one attached hydrogen (secondary N) is 1. The van der Waals surface area contributed by atoms with Gasteiger partial charge in [-0.1, -0.05) is 6.92 Å². The normalized spacial score (nSPS) is 43.8. The number of carbonyl (C=O) groups is 1. The first-order valence-electron chi connectivity index (χ1n) is 7.47. The molecule has 3 saturated heterocycles. The molecule has 3 rings (SSSR count). The first-order chi connectivity index (χ1) is 9.87. The summed E-state index contributed by atoms with van der Waals surface area (Å²) in [4.78, 5) is 10.7. The summed E-state index contributed by atoms with van der Waals surface area (Å²) in [6.07, 6.45) is 0.00138. The van der Waals surface area contributed by atoms with E-state index in [4.69, 9.17) is 24.1 Å². The first kappa shape index (κ1) is 15.2. The van der Waals surface area contributed by atoms with E-state index in [0.29, 0.717) is 13.2 Å². The Morgan fingerprint density at radius 2 is 2.10 bits per heavy atom. The van der Waals surface area contributed by atoms with Gasteiger partial charge in [0.2, 0.25) is 0 Å². The van der Waals surface area contributed by atoms with Crippen molar-refractivity contribution >= 4 is 5.97 Å². The summed E-state index contributed by atoms with van der Waals surface area (Å²) in [6.45, 7) is 6.64. The van der Waals surface area contributed by atoms with Crippen LogP contribution >= 0.6 is 0 Å². The van der Waals surface area contributed by atoms with E-state index in [1.165, 1.54) is 0 Å². The van der Waals surface area contributed by atoms with Crippen LogP contribution in [0.3, 0.4) is 0 Å². The molecular formula is C14H23NO6. The van der Waals surface area contributed by atoms with Crippen molar-refractivity contribution < 1.29 is 28.8 Å². The van der Waals surface area contributed by atoms with Crippen LogP contribution in [0.5, 0.6) is 0 Å². The molecule has 2 bridgehead atoms. The molecule has 0 aromatic carbocycles. The molecule has 0 amide bonds. The van der Waals surface area contributed by atoms with Crippen molar-refractivity contribution in [3.8, 4) is 0 Å². The van der Waals surface area contributed by atoms with Gasteiger partial charge in [0.1, 0.15) is 17.8 Å². The molecule has 2 unspecified atom stereocenters. The standard InChI is InChI=1S/C14H23NO6/c1-4-14-7-18-12(21-14)9(15-6-5-8(16)17)10-11(14)20-13(2,3)19-10/h9-12,15H,4-7H2,1-3H3,(H,16,17)/t9-,10?,11-,12?,14+/m1/s1. The smallest absolute Gasteiger partial charge is 0.304 e. The molecule has 21 heavy (non-hydrogen) atoms. The molecule has 0 aromatic heterocycles. The highest BCUT2D eigenvalue weighted by Gasteiger charge is 2.64. The fraction of sp³-hybridized carbons (Fsp3) is 0.929. The number of fused-ring (bicyclic) bond motifs is 4. The van der Waals surface area contributed by atoms with Gasteiger partial charge in [0.05, 0.1) is 19.1 Å². The molecule has 0 spiro atoms. The number of hydrogen-bond donors (Lipinski definition) is 2. The van der Waals surface area contributed by atoms with Crippen LogP contribution in [0.2, 0.25) is 0 Å². The molecule has 3 fully saturated rings. The molecule has 3 aliphatic rings. The Kier molecular flexibility index (Phi) is 3.74. The van der Waals surface area contributed by atoms with E-state index in [-0.39, 0.29) is 24.7 Å². The Hall–Kier alpha value is -0.730. The highest BCUT2D eigenvalue weighted by Crippen LogP contribution is 2.47. The van der Waals surface area contributed by atoms with Crippen LogP contribution in [-0.2, 0) is 23.7 Å². The average Bonchev–Trinajstić information content (AvgIpc) is 2.94. The predicted molar refractivity (Wildman–Crippen MR) is 71.7 cm³/mol. The Morgan fingerprint density at radius 3 is 2.76 bits per heavy atom. The van der Waals surface area contributed by atoms with Crippen LogP contribution in [0.25, 0.3) is 0 Å². The van der Waals surface area contributed by atoms with Gasteiger partial charge in [-0.3, -0.25) is 4.79 Å². The monoisotopic (exact) mass is 301 g/mol. The zero-order chi connectivity index (χ0) is 15.3.